The van der Waals surface area contributed by atoms with Crippen LogP contribution < -0.4 is 9.47 Å². The molecule has 0 aromatic heterocycles. The zero-order valence-electron chi connectivity index (χ0n) is 12.9. The first-order chi connectivity index (χ1) is 11.5. The molecule has 0 bridgehead atoms. The molecule has 0 fully saturated rings. The van der Waals surface area contributed by atoms with Crippen LogP contribution in [0.2, 0.25) is 0 Å². The summed E-state index contributed by atoms with van der Waals surface area (Å²) >= 11 is 0. The summed E-state index contributed by atoms with van der Waals surface area (Å²) in [6.45, 7) is -0.477. The highest BCUT2D eigenvalue weighted by Crippen LogP contribution is 2.46. The SMILES string of the molecule is COc1cc2c(c(OC)c1O)C(=O)c1ccc(CO)c(O)c1C2=O. The summed E-state index contributed by atoms with van der Waals surface area (Å²) in [6, 6.07) is 3.94. The Hall–Kier alpha value is -3.06. The molecule has 0 amide bonds. The average Bonchev–Trinajstić information content (AvgIpc) is 2.58. The fourth-order valence-electron chi connectivity index (χ4n) is 2.83. The molecule has 7 heteroatoms. The van der Waals surface area contributed by atoms with Crippen LogP contribution in [0.25, 0.3) is 0 Å². The first-order valence-corrected chi connectivity index (χ1v) is 6.99. The van der Waals surface area contributed by atoms with Crippen LogP contribution in [-0.2, 0) is 6.61 Å². The zero-order valence-corrected chi connectivity index (χ0v) is 12.9. The van der Waals surface area contributed by atoms with Gasteiger partial charge in [-0.2, -0.15) is 0 Å². The van der Waals surface area contributed by atoms with E-state index in [0.29, 0.717) is 0 Å². The number of aromatic hydroxyl groups is 2. The van der Waals surface area contributed by atoms with Crippen molar-refractivity contribution in [2.45, 2.75) is 6.61 Å². The number of phenolic OH excluding ortho intramolecular Hbond substituents is 1. The van der Waals surface area contributed by atoms with Crippen molar-refractivity contribution in [1.29, 1.82) is 0 Å². The maximum absolute atomic E-state index is 12.8. The fourth-order valence-corrected chi connectivity index (χ4v) is 2.83. The number of aliphatic hydroxyl groups excluding tert-OH is 1. The molecule has 0 heterocycles. The number of hydrogen-bond donors (Lipinski definition) is 3. The van der Waals surface area contributed by atoms with E-state index >= 15 is 0 Å². The first-order valence-electron chi connectivity index (χ1n) is 6.99. The Labute approximate surface area is 136 Å². The van der Waals surface area contributed by atoms with Crippen molar-refractivity contribution < 1.29 is 34.4 Å². The molecule has 7 nitrogen and oxygen atoms in total. The van der Waals surface area contributed by atoms with Crippen molar-refractivity contribution in [3.63, 3.8) is 0 Å². The van der Waals surface area contributed by atoms with Gasteiger partial charge < -0.3 is 24.8 Å². The Morgan fingerprint density at radius 3 is 2.17 bits per heavy atom. The highest BCUT2D eigenvalue weighted by Gasteiger charge is 2.37. The van der Waals surface area contributed by atoms with Gasteiger partial charge in [0.25, 0.3) is 0 Å². The highest BCUT2D eigenvalue weighted by atomic mass is 16.5. The normalized spacial score (nSPS) is 12.6. The number of carbonyl (C=O) groups excluding carboxylic acids is 2. The Bertz CT molecular complexity index is 883. The molecule has 24 heavy (non-hydrogen) atoms. The topological polar surface area (TPSA) is 113 Å². The van der Waals surface area contributed by atoms with Gasteiger partial charge in [0.15, 0.2) is 23.1 Å². The van der Waals surface area contributed by atoms with Gasteiger partial charge >= 0.3 is 0 Å². The minimum Gasteiger partial charge on any atom is -0.507 e. The summed E-state index contributed by atoms with van der Waals surface area (Å²) < 4.78 is 10.1. The van der Waals surface area contributed by atoms with Gasteiger partial charge in [-0.25, -0.2) is 0 Å². The second kappa shape index (κ2) is 5.54. The van der Waals surface area contributed by atoms with Gasteiger partial charge in [0.2, 0.25) is 5.75 Å². The smallest absolute Gasteiger partial charge is 0.201 e. The second-order valence-corrected chi connectivity index (χ2v) is 5.20. The van der Waals surface area contributed by atoms with E-state index in [-0.39, 0.29) is 45.1 Å². The van der Waals surface area contributed by atoms with Crippen molar-refractivity contribution in [2.75, 3.05) is 14.2 Å². The number of hydrogen-bond acceptors (Lipinski definition) is 7. The summed E-state index contributed by atoms with van der Waals surface area (Å²) in [4.78, 5) is 25.6. The third-order valence-corrected chi connectivity index (χ3v) is 4.02. The summed E-state index contributed by atoms with van der Waals surface area (Å²) in [5.74, 6) is -2.23. The van der Waals surface area contributed by atoms with Crippen LogP contribution in [0.15, 0.2) is 18.2 Å². The molecule has 1 aliphatic rings. The van der Waals surface area contributed by atoms with Gasteiger partial charge in [-0.3, -0.25) is 9.59 Å². The molecule has 0 saturated heterocycles. The lowest BCUT2D eigenvalue weighted by molar-refractivity contribution is 0.0972. The van der Waals surface area contributed by atoms with Crippen LogP contribution in [0, 0.1) is 0 Å². The average molecular weight is 330 g/mol. The second-order valence-electron chi connectivity index (χ2n) is 5.20. The lowest BCUT2D eigenvalue weighted by Gasteiger charge is -2.22. The molecule has 3 rings (SSSR count). The molecule has 3 N–H and O–H groups in total. The fraction of sp³-hybridized carbons (Fsp3) is 0.176. The van der Waals surface area contributed by atoms with Crippen molar-refractivity contribution in [1.82, 2.24) is 0 Å². The van der Waals surface area contributed by atoms with E-state index in [1.807, 2.05) is 0 Å². The van der Waals surface area contributed by atoms with Gasteiger partial charge in [-0.1, -0.05) is 6.07 Å². The Kier molecular flexibility index (Phi) is 3.65. The molecule has 0 radical (unpaired) electrons. The standard InChI is InChI=1S/C17H14O7/c1-23-10-5-9-12(17(24-2)16(10)22)14(20)8-4-3-7(6-18)13(19)11(8)15(9)21/h3-5,18-19,22H,6H2,1-2H3. The molecule has 0 spiro atoms. The monoisotopic (exact) mass is 330 g/mol. The van der Waals surface area contributed by atoms with E-state index in [1.165, 1.54) is 32.4 Å². The van der Waals surface area contributed by atoms with Crippen LogP contribution >= 0.6 is 0 Å². The molecule has 1 aliphatic carbocycles. The van der Waals surface area contributed by atoms with E-state index in [4.69, 9.17) is 9.47 Å². The first kappa shape index (κ1) is 15.8. The maximum Gasteiger partial charge on any atom is 0.201 e. The van der Waals surface area contributed by atoms with Crippen molar-refractivity contribution in [2.24, 2.45) is 0 Å². The van der Waals surface area contributed by atoms with Crippen molar-refractivity contribution in [3.05, 3.63) is 46.0 Å². The third-order valence-electron chi connectivity index (χ3n) is 4.02. The molecule has 0 unspecified atom stereocenters. The number of benzene rings is 2. The molecule has 2 aromatic rings. The predicted octanol–water partition coefficient (Wildman–Crippen LogP) is 1.38. The van der Waals surface area contributed by atoms with Crippen LogP contribution in [0.4, 0.5) is 0 Å². The minimum atomic E-state index is -0.621. The lowest BCUT2D eigenvalue weighted by Crippen LogP contribution is -2.22. The summed E-state index contributed by atoms with van der Waals surface area (Å²) in [7, 11) is 2.56. The summed E-state index contributed by atoms with van der Waals surface area (Å²) in [6.07, 6.45) is 0. The third kappa shape index (κ3) is 1.95. The van der Waals surface area contributed by atoms with E-state index < -0.39 is 23.9 Å². The van der Waals surface area contributed by atoms with Crippen LogP contribution in [0.3, 0.4) is 0 Å². The van der Waals surface area contributed by atoms with Gasteiger partial charge in [-0.15, -0.1) is 0 Å². The minimum absolute atomic E-state index is 0.0231. The Morgan fingerprint density at radius 1 is 0.917 bits per heavy atom. The number of ether oxygens (including phenoxy) is 2. The van der Waals surface area contributed by atoms with Crippen LogP contribution in [0.5, 0.6) is 23.0 Å². The van der Waals surface area contributed by atoms with E-state index in [9.17, 15) is 24.9 Å². The highest BCUT2D eigenvalue weighted by molar-refractivity contribution is 6.30. The van der Waals surface area contributed by atoms with Crippen molar-refractivity contribution >= 4 is 11.6 Å². The molecular weight excluding hydrogens is 316 g/mol. The number of phenols is 2. The van der Waals surface area contributed by atoms with Gasteiger partial charge in [0.05, 0.1) is 32.0 Å². The van der Waals surface area contributed by atoms with Gasteiger partial charge in [-0.05, 0) is 12.1 Å². The number of aliphatic hydroxyl groups is 1. The zero-order chi connectivity index (χ0) is 17.6. The summed E-state index contributed by atoms with van der Waals surface area (Å²) in [5.41, 5.74) is -0.219. The number of fused-ring (bicyclic) bond motifs is 2. The Balaban J connectivity index is 2.37. The maximum atomic E-state index is 12.8. The van der Waals surface area contributed by atoms with Gasteiger partial charge in [0, 0.05) is 16.7 Å². The van der Waals surface area contributed by atoms with Crippen molar-refractivity contribution in [3.8, 4) is 23.0 Å². The Morgan fingerprint density at radius 2 is 1.58 bits per heavy atom. The number of methoxy groups -OCH3 is 2. The van der Waals surface area contributed by atoms with Crippen LogP contribution in [0.1, 0.15) is 37.4 Å². The van der Waals surface area contributed by atoms with E-state index in [0.717, 1.165) is 0 Å². The van der Waals surface area contributed by atoms with Crippen LogP contribution in [-0.4, -0.2) is 41.1 Å². The quantitative estimate of drug-likeness (QED) is 0.665. The molecule has 0 saturated carbocycles. The molecule has 2 aromatic carbocycles. The number of rotatable bonds is 3. The van der Waals surface area contributed by atoms with E-state index in [2.05, 4.69) is 0 Å². The molecule has 124 valence electrons. The van der Waals surface area contributed by atoms with E-state index in [1.54, 1.807) is 0 Å². The predicted molar refractivity (Wildman–Crippen MR) is 82.1 cm³/mol. The lowest BCUT2D eigenvalue weighted by atomic mass is 9.82. The molecule has 0 aliphatic heterocycles. The number of ketones is 2. The molecular formula is C17H14O7. The van der Waals surface area contributed by atoms with Gasteiger partial charge in [0.1, 0.15) is 5.75 Å². The number of carbonyl (C=O) groups is 2. The molecule has 0 atom stereocenters. The largest absolute Gasteiger partial charge is 0.507 e. The summed E-state index contributed by atoms with van der Waals surface area (Å²) in [5, 5.41) is 29.6.